The van der Waals surface area contributed by atoms with Crippen LogP contribution in [0.1, 0.15) is 36.0 Å². The Morgan fingerprint density at radius 2 is 2.19 bits per heavy atom. The zero-order chi connectivity index (χ0) is 11.4. The summed E-state index contributed by atoms with van der Waals surface area (Å²) in [6.07, 6.45) is 4.21. The summed E-state index contributed by atoms with van der Waals surface area (Å²) < 4.78 is 13.0. The third-order valence-corrected chi connectivity index (χ3v) is 2.99. The standard InChI is InChI=1S/C13H16FNO/c14-11-6-4-5-10(9-11)13(16)12-7-2-1-3-8-15-12/h4-6,9,12,15H,1-3,7-8H2. The molecule has 1 saturated heterocycles. The molecule has 1 aliphatic heterocycles. The molecule has 0 aromatic heterocycles. The molecule has 3 heteroatoms. The highest BCUT2D eigenvalue weighted by Crippen LogP contribution is 2.14. The monoisotopic (exact) mass is 221 g/mol. The van der Waals surface area contributed by atoms with Crippen LogP contribution in [0.25, 0.3) is 0 Å². The molecule has 0 aliphatic carbocycles. The van der Waals surface area contributed by atoms with Gasteiger partial charge in [0, 0.05) is 5.56 Å². The Morgan fingerprint density at radius 3 is 3.00 bits per heavy atom. The van der Waals surface area contributed by atoms with Crippen LogP contribution in [0.4, 0.5) is 4.39 Å². The Morgan fingerprint density at radius 1 is 1.31 bits per heavy atom. The van der Waals surface area contributed by atoms with Crippen molar-refractivity contribution in [3.63, 3.8) is 0 Å². The first-order valence-electron chi connectivity index (χ1n) is 5.80. The first-order chi connectivity index (χ1) is 7.77. The first kappa shape index (κ1) is 11.3. The number of nitrogens with one attached hydrogen (secondary N) is 1. The van der Waals surface area contributed by atoms with Crippen molar-refractivity contribution in [2.24, 2.45) is 0 Å². The van der Waals surface area contributed by atoms with Crippen LogP contribution in [-0.4, -0.2) is 18.4 Å². The third-order valence-electron chi connectivity index (χ3n) is 2.99. The van der Waals surface area contributed by atoms with Crippen molar-refractivity contribution in [2.75, 3.05) is 6.54 Å². The zero-order valence-electron chi connectivity index (χ0n) is 9.21. The summed E-state index contributed by atoms with van der Waals surface area (Å²) in [4.78, 5) is 12.1. The number of hydrogen-bond acceptors (Lipinski definition) is 2. The van der Waals surface area contributed by atoms with E-state index < -0.39 is 0 Å². The minimum Gasteiger partial charge on any atom is -0.307 e. The van der Waals surface area contributed by atoms with E-state index in [4.69, 9.17) is 0 Å². The number of benzene rings is 1. The molecular formula is C13H16FNO. The van der Waals surface area contributed by atoms with Crippen molar-refractivity contribution in [3.05, 3.63) is 35.6 Å². The second-order valence-electron chi connectivity index (χ2n) is 4.23. The lowest BCUT2D eigenvalue weighted by atomic mass is 10.0. The summed E-state index contributed by atoms with van der Waals surface area (Å²) >= 11 is 0. The van der Waals surface area contributed by atoms with E-state index in [2.05, 4.69) is 5.32 Å². The van der Waals surface area contributed by atoms with Gasteiger partial charge in [0.1, 0.15) is 5.82 Å². The van der Waals surface area contributed by atoms with E-state index in [-0.39, 0.29) is 17.6 Å². The van der Waals surface area contributed by atoms with Gasteiger partial charge in [-0.2, -0.15) is 0 Å². The Labute approximate surface area is 94.9 Å². The van der Waals surface area contributed by atoms with Crippen molar-refractivity contribution in [3.8, 4) is 0 Å². The molecule has 86 valence electrons. The molecule has 1 N–H and O–H groups in total. The number of Topliss-reactive ketones (excluding diaryl/α,β-unsaturated/α-hetero) is 1. The zero-order valence-corrected chi connectivity index (χ0v) is 9.21. The van der Waals surface area contributed by atoms with Crippen LogP contribution in [0.3, 0.4) is 0 Å². The van der Waals surface area contributed by atoms with Gasteiger partial charge in [0.25, 0.3) is 0 Å². The maximum absolute atomic E-state index is 13.0. The Balaban J connectivity index is 2.11. The first-order valence-corrected chi connectivity index (χ1v) is 5.80. The molecule has 16 heavy (non-hydrogen) atoms. The van der Waals surface area contributed by atoms with Gasteiger partial charge in [-0.05, 0) is 31.5 Å². The smallest absolute Gasteiger partial charge is 0.179 e. The van der Waals surface area contributed by atoms with Crippen molar-refractivity contribution in [1.29, 1.82) is 0 Å². The number of hydrogen-bond donors (Lipinski definition) is 1. The van der Waals surface area contributed by atoms with Crippen LogP contribution in [0.2, 0.25) is 0 Å². The average molecular weight is 221 g/mol. The van der Waals surface area contributed by atoms with E-state index in [0.29, 0.717) is 5.56 Å². The lowest BCUT2D eigenvalue weighted by molar-refractivity contribution is 0.0940. The molecule has 1 aliphatic rings. The quantitative estimate of drug-likeness (QED) is 0.777. The van der Waals surface area contributed by atoms with Crippen LogP contribution in [0, 0.1) is 5.82 Å². The predicted molar refractivity (Wildman–Crippen MR) is 61.0 cm³/mol. The molecule has 0 spiro atoms. The highest BCUT2D eigenvalue weighted by atomic mass is 19.1. The summed E-state index contributed by atoms with van der Waals surface area (Å²) in [5.74, 6) is -0.333. The molecule has 0 radical (unpaired) electrons. The normalized spacial score (nSPS) is 21.4. The summed E-state index contributed by atoms with van der Waals surface area (Å²) in [5, 5.41) is 3.23. The summed E-state index contributed by atoms with van der Waals surface area (Å²) in [6, 6.07) is 5.80. The van der Waals surface area contributed by atoms with Crippen molar-refractivity contribution >= 4 is 5.78 Å². The molecule has 2 rings (SSSR count). The fraction of sp³-hybridized carbons (Fsp3) is 0.462. The van der Waals surface area contributed by atoms with Gasteiger partial charge in [0.05, 0.1) is 6.04 Å². The van der Waals surface area contributed by atoms with Gasteiger partial charge < -0.3 is 5.32 Å². The minimum absolute atomic E-state index is 0.0152. The fourth-order valence-electron chi connectivity index (χ4n) is 2.10. The molecule has 2 nitrogen and oxygen atoms in total. The average Bonchev–Trinajstić information content (AvgIpc) is 2.56. The molecule has 1 fully saturated rings. The van der Waals surface area contributed by atoms with E-state index in [1.807, 2.05) is 0 Å². The summed E-state index contributed by atoms with van der Waals surface area (Å²) in [7, 11) is 0. The second kappa shape index (κ2) is 5.21. The van der Waals surface area contributed by atoms with Crippen LogP contribution >= 0.6 is 0 Å². The van der Waals surface area contributed by atoms with Crippen LogP contribution in [0.15, 0.2) is 24.3 Å². The largest absolute Gasteiger partial charge is 0.307 e. The molecule has 1 aromatic rings. The Bertz CT molecular complexity index is 370. The second-order valence-corrected chi connectivity index (χ2v) is 4.23. The Hall–Kier alpha value is -1.22. The molecule has 1 aromatic carbocycles. The van der Waals surface area contributed by atoms with Gasteiger partial charge in [-0.1, -0.05) is 25.0 Å². The summed E-state index contributed by atoms with van der Waals surface area (Å²) in [5.41, 5.74) is 0.472. The van der Waals surface area contributed by atoms with Gasteiger partial charge in [-0.15, -0.1) is 0 Å². The number of halogens is 1. The molecule has 1 heterocycles. The van der Waals surface area contributed by atoms with Gasteiger partial charge in [-0.3, -0.25) is 4.79 Å². The highest BCUT2D eigenvalue weighted by Gasteiger charge is 2.20. The maximum atomic E-state index is 13.0. The molecule has 1 unspecified atom stereocenters. The number of ketones is 1. The van der Waals surface area contributed by atoms with Crippen LogP contribution in [-0.2, 0) is 0 Å². The fourth-order valence-corrected chi connectivity index (χ4v) is 2.10. The molecular weight excluding hydrogens is 205 g/mol. The van der Waals surface area contributed by atoms with Gasteiger partial charge >= 0.3 is 0 Å². The SMILES string of the molecule is O=C(c1cccc(F)c1)C1CCCCCN1. The van der Waals surface area contributed by atoms with Crippen molar-refractivity contribution < 1.29 is 9.18 Å². The predicted octanol–water partition coefficient (Wildman–Crippen LogP) is 2.54. The van der Waals surface area contributed by atoms with Gasteiger partial charge in [0.2, 0.25) is 0 Å². The maximum Gasteiger partial charge on any atom is 0.179 e. The van der Waals surface area contributed by atoms with Crippen molar-refractivity contribution in [2.45, 2.75) is 31.7 Å². The number of carbonyl (C=O) groups excluding carboxylic acids is 1. The molecule has 0 amide bonds. The van der Waals surface area contributed by atoms with Crippen LogP contribution < -0.4 is 5.32 Å². The van der Waals surface area contributed by atoms with Crippen LogP contribution in [0.5, 0.6) is 0 Å². The lowest BCUT2D eigenvalue weighted by Gasteiger charge is -2.14. The molecule has 1 atom stereocenters. The topological polar surface area (TPSA) is 29.1 Å². The van der Waals surface area contributed by atoms with E-state index >= 15 is 0 Å². The third kappa shape index (κ3) is 2.67. The number of rotatable bonds is 2. The number of carbonyl (C=O) groups is 1. The highest BCUT2D eigenvalue weighted by molar-refractivity contribution is 6.00. The van der Waals surface area contributed by atoms with Gasteiger partial charge in [0.15, 0.2) is 5.78 Å². The molecule has 0 saturated carbocycles. The minimum atomic E-state index is -0.348. The molecule has 0 bridgehead atoms. The van der Waals surface area contributed by atoms with E-state index in [1.54, 1.807) is 12.1 Å². The van der Waals surface area contributed by atoms with Crippen molar-refractivity contribution in [1.82, 2.24) is 5.32 Å². The Kier molecular flexibility index (Phi) is 3.67. The van der Waals surface area contributed by atoms with Gasteiger partial charge in [-0.25, -0.2) is 4.39 Å². The van der Waals surface area contributed by atoms with E-state index in [1.165, 1.54) is 18.6 Å². The van der Waals surface area contributed by atoms with E-state index in [9.17, 15) is 9.18 Å². The lowest BCUT2D eigenvalue weighted by Crippen LogP contribution is -2.36. The van der Waals surface area contributed by atoms with E-state index in [0.717, 1.165) is 25.8 Å². The summed E-state index contributed by atoms with van der Waals surface area (Å²) in [6.45, 7) is 0.881.